The maximum Gasteiger partial charge on any atom is 0.257 e. The lowest BCUT2D eigenvalue weighted by atomic mass is 9.97. The van der Waals surface area contributed by atoms with Gasteiger partial charge >= 0.3 is 0 Å². The monoisotopic (exact) mass is 306 g/mol. The highest BCUT2D eigenvalue weighted by Gasteiger charge is 2.38. The Hall–Kier alpha value is -1.40. The number of morpholine rings is 1. The standard InChI is InChI=1S/C16H26N4O2/c1-10(2)15-14(11(3)17-18-15)16(21)20-6-5-13-12(9-20)19(4)7-8-22-13/h10,12-13H,5-9H2,1-4H3,(H,17,18). The van der Waals surface area contributed by atoms with Crippen molar-refractivity contribution in [1.29, 1.82) is 0 Å². The third kappa shape index (κ3) is 2.65. The molecule has 1 aromatic rings. The normalized spacial score (nSPS) is 26.3. The molecular formula is C16H26N4O2. The molecule has 1 N–H and O–H groups in total. The second kappa shape index (κ2) is 6.01. The topological polar surface area (TPSA) is 61.5 Å². The van der Waals surface area contributed by atoms with E-state index < -0.39 is 0 Å². The quantitative estimate of drug-likeness (QED) is 0.897. The summed E-state index contributed by atoms with van der Waals surface area (Å²) >= 11 is 0. The van der Waals surface area contributed by atoms with Crippen LogP contribution in [0.3, 0.4) is 0 Å². The number of ether oxygens (including phenoxy) is 1. The number of H-pyrrole nitrogens is 1. The molecule has 0 bridgehead atoms. The van der Waals surface area contributed by atoms with Gasteiger partial charge in [-0.05, 0) is 26.3 Å². The number of rotatable bonds is 2. The molecule has 2 unspecified atom stereocenters. The van der Waals surface area contributed by atoms with Crippen molar-refractivity contribution in [3.8, 4) is 0 Å². The van der Waals surface area contributed by atoms with Crippen LogP contribution in [0.1, 0.15) is 47.9 Å². The molecule has 3 heterocycles. The molecule has 2 atom stereocenters. The van der Waals surface area contributed by atoms with Crippen LogP contribution in [0.5, 0.6) is 0 Å². The van der Waals surface area contributed by atoms with Gasteiger partial charge in [-0.2, -0.15) is 5.10 Å². The van der Waals surface area contributed by atoms with Gasteiger partial charge < -0.3 is 9.64 Å². The summed E-state index contributed by atoms with van der Waals surface area (Å²) in [5.74, 6) is 0.342. The molecule has 0 aliphatic carbocycles. The van der Waals surface area contributed by atoms with Crippen molar-refractivity contribution in [2.24, 2.45) is 0 Å². The van der Waals surface area contributed by atoms with E-state index in [9.17, 15) is 4.79 Å². The predicted molar refractivity (Wildman–Crippen MR) is 84.1 cm³/mol. The number of hydrogen-bond donors (Lipinski definition) is 1. The minimum Gasteiger partial charge on any atom is -0.375 e. The predicted octanol–water partition coefficient (Wildman–Crippen LogP) is 1.39. The fourth-order valence-electron chi connectivity index (χ4n) is 3.52. The van der Waals surface area contributed by atoms with Gasteiger partial charge in [0, 0.05) is 25.3 Å². The Balaban J connectivity index is 1.80. The van der Waals surface area contributed by atoms with Gasteiger partial charge in [-0.1, -0.05) is 13.8 Å². The van der Waals surface area contributed by atoms with Crippen molar-refractivity contribution in [3.63, 3.8) is 0 Å². The minimum atomic E-state index is 0.104. The largest absolute Gasteiger partial charge is 0.375 e. The van der Waals surface area contributed by atoms with E-state index in [0.29, 0.717) is 6.04 Å². The van der Waals surface area contributed by atoms with Gasteiger partial charge in [0.15, 0.2) is 0 Å². The lowest BCUT2D eigenvalue weighted by molar-refractivity contribution is -0.0893. The molecule has 0 saturated carbocycles. The number of carbonyl (C=O) groups excluding carboxylic acids is 1. The number of amides is 1. The smallest absolute Gasteiger partial charge is 0.257 e. The first-order valence-corrected chi connectivity index (χ1v) is 8.15. The van der Waals surface area contributed by atoms with Crippen LogP contribution in [0, 0.1) is 6.92 Å². The van der Waals surface area contributed by atoms with E-state index in [1.165, 1.54) is 0 Å². The number of nitrogens with one attached hydrogen (secondary N) is 1. The van der Waals surface area contributed by atoms with Crippen molar-refractivity contribution >= 4 is 5.91 Å². The number of aromatic nitrogens is 2. The number of likely N-dealkylation sites (N-methyl/N-ethyl adjacent to an activating group) is 1. The molecule has 2 fully saturated rings. The van der Waals surface area contributed by atoms with Crippen molar-refractivity contribution in [2.45, 2.75) is 45.3 Å². The highest BCUT2D eigenvalue weighted by atomic mass is 16.5. The lowest BCUT2D eigenvalue weighted by Crippen LogP contribution is -2.59. The first-order chi connectivity index (χ1) is 10.5. The van der Waals surface area contributed by atoms with Crippen molar-refractivity contribution in [1.82, 2.24) is 20.0 Å². The Morgan fingerprint density at radius 3 is 2.91 bits per heavy atom. The van der Waals surface area contributed by atoms with Gasteiger partial charge in [-0.15, -0.1) is 0 Å². The van der Waals surface area contributed by atoms with Crippen LogP contribution in [0.2, 0.25) is 0 Å². The van der Waals surface area contributed by atoms with Crippen LogP contribution in [0.25, 0.3) is 0 Å². The van der Waals surface area contributed by atoms with E-state index in [0.717, 1.165) is 49.6 Å². The van der Waals surface area contributed by atoms with E-state index in [1.807, 2.05) is 11.8 Å². The summed E-state index contributed by atoms with van der Waals surface area (Å²) in [6.45, 7) is 9.30. The zero-order valence-electron chi connectivity index (χ0n) is 13.9. The second-order valence-corrected chi connectivity index (χ2v) is 6.76. The molecule has 2 aliphatic rings. The number of hydrogen-bond acceptors (Lipinski definition) is 4. The summed E-state index contributed by atoms with van der Waals surface area (Å²) in [6, 6.07) is 0.307. The molecule has 2 saturated heterocycles. The van der Waals surface area contributed by atoms with Crippen molar-refractivity contribution < 1.29 is 9.53 Å². The minimum absolute atomic E-state index is 0.104. The number of nitrogens with zero attached hydrogens (tertiary/aromatic N) is 3. The molecule has 1 amide bonds. The van der Waals surface area contributed by atoms with E-state index >= 15 is 0 Å². The van der Waals surface area contributed by atoms with Crippen LogP contribution in [-0.2, 0) is 4.74 Å². The molecular weight excluding hydrogens is 280 g/mol. The Bertz CT molecular complexity index is 554. The fraction of sp³-hybridized carbons (Fsp3) is 0.750. The summed E-state index contributed by atoms with van der Waals surface area (Å²) in [5.41, 5.74) is 2.50. The van der Waals surface area contributed by atoms with Crippen molar-refractivity contribution in [3.05, 3.63) is 17.0 Å². The fourth-order valence-corrected chi connectivity index (χ4v) is 3.52. The molecule has 0 aromatic carbocycles. The number of piperidine rings is 1. The molecule has 1 aromatic heterocycles. The highest BCUT2D eigenvalue weighted by Crippen LogP contribution is 2.26. The van der Waals surface area contributed by atoms with Crippen LogP contribution in [0.15, 0.2) is 0 Å². The van der Waals surface area contributed by atoms with Gasteiger partial charge in [0.05, 0.1) is 30.0 Å². The zero-order valence-corrected chi connectivity index (χ0v) is 13.9. The summed E-state index contributed by atoms with van der Waals surface area (Å²) < 4.78 is 5.86. The molecule has 122 valence electrons. The second-order valence-electron chi connectivity index (χ2n) is 6.76. The van der Waals surface area contributed by atoms with Gasteiger partial charge in [0.25, 0.3) is 5.91 Å². The Morgan fingerprint density at radius 2 is 2.18 bits per heavy atom. The molecule has 22 heavy (non-hydrogen) atoms. The number of fused-ring (bicyclic) bond motifs is 1. The average Bonchev–Trinajstić information content (AvgIpc) is 2.88. The maximum absolute atomic E-state index is 13.0. The van der Waals surface area contributed by atoms with E-state index in [1.54, 1.807) is 0 Å². The van der Waals surface area contributed by atoms with Gasteiger partial charge in [0.1, 0.15) is 0 Å². The highest BCUT2D eigenvalue weighted by molar-refractivity contribution is 5.96. The number of likely N-dealkylation sites (tertiary alicyclic amines) is 1. The first-order valence-electron chi connectivity index (χ1n) is 8.15. The number of aryl methyl sites for hydroxylation is 1. The zero-order chi connectivity index (χ0) is 15.9. The van der Waals surface area contributed by atoms with Gasteiger partial charge in [-0.25, -0.2) is 0 Å². The van der Waals surface area contributed by atoms with Gasteiger partial charge in [-0.3, -0.25) is 14.8 Å². The molecule has 2 aliphatic heterocycles. The first kappa shape index (κ1) is 15.5. The van der Waals surface area contributed by atoms with E-state index in [2.05, 4.69) is 36.0 Å². The van der Waals surface area contributed by atoms with Crippen LogP contribution < -0.4 is 0 Å². The Morgan fingerprint density at radius 1 is 1.41 bits per heavy atom. The average molecular weight is 306 g/mol. The summed E-state index contributed by atoms with van der Waals surface area (Å²) in [6.07, 6.45) is 1.17. The summed E-state index contributed by atoms with van der Waals surface area (Å²) in [7, 11) is 2.12. The molecule has 0 spiro atoms. The summed E-state index contributed by atoms with van der Waals surface area (Å²) in [5, 5.41) is 7.29. The molecule has 0 radical (unpaired) electrons. The van der Waals surface area contributed by atoms with Gasteiger partial charge in [0.2, 0.25) is 0 Å². The SMILES string of the molecule is Cc1[nH]nc(C(C)C)c1C(=O)N1CCC2OCCN(C)C2C1. The molecule has 3 rings (SSSR count). The van der Waals surface area contributed by atoms with Crippen LogP contribution in [-0.4, -0.2) is 71.3 Å². The van der Waals surface area contributed by atoms with E-state index in [4.69, 9.17) is 4.74 Å². The van der Waals surface area contributed by atoms with E-state index in [-0.39, 0.29) is 17.9 Å². The molecule has 6 heteroatoms. The third-order valence-electron chi connectivity index (χ3n) is 4.89. The Labute approximate surface area is 131 Å². The maximum atomic E-state index is 13.0. The van der Waals surface area contributed by atoms with Crippen LogP contribution >= 0.6 is 0 Å². The Kier molecular flexibility index (Phi) is 4.23. The van der Waals surface area contributed by atoms with Crippen molar-refractivity contribution in [2.75, 3.05) is 33.3 Å². The number of aromatic amines is 1. The lowest BCUT2D eigenvalue weighted by Gasteiger charge is -2.45. The summed E-state index contributed by atoms with van der Waals surface area (Å²) in [4.78, 5) is 17.3. The van der Waals surface area contributed by atoms with Crippen LogP contribution in [0.4, 0.5) is 0 Å². The molecule has 6 nitrogen and oxygen atoms in total. The third-order valence-corrected chi connectivity index (χ3v) is 4.89. The number of carbonyl (C=O) groups is 1.